The number of ether oxygens (including phenoxy) is 1. The Morgan fingerprint density at radius 1 is 1.35 bits per heavy atom. The number of hydrogen-bond acceptors (Lipinski definition) is 3. The fraction of sp³-hybridized carbons (Fsp3) is 1.00. The third-order valence-electron chi connectivity index (χ3n) is 4.20. The Kier molecular flexibility index (Phi) is 5.42. The highest BCUT2D eigenvalue weighted by Crippen LogP contribution is 2.31. The molecule has 1 rings (SSSR count). The molecule has 0 spiro atoms. The van der Waals surface area contributed by atoms with Gasteiger partial charge in [-0.05, 0) is 46.1 Å². The van der Waals surface area contributed by atoms with Gasteiger partial charge in [0.25, 0.3) is 0 Å². The van der Waals surface area contributed by atoms with Crippen molar-refractivity contribution in [2.24, 2.45) is 5.92 Å². The van der Waals surface area contributed by atoms with Crippen molar-refractivity contribution in [2.75, 3.05) is 20.7 Å². The molecule has 0 amide bonds. The van der Waals surface area contributed by atoms with Crippen LogP contribution in [0.1, 0.15) is 46.5 Å². The van der Waals surface area contributed by atoms with Crippen molar-refractivity contribution >= 4 is 0 Å². The van der Waals surface area contributed by atoms with E-state index >= 15 is 0 Å². The van der Waals surface area contributed by atoms with Gasteiger partial charge in [-0.25, -0.2) is 0 Å². The maximum Gasteiger partial charge on any atom is 0.0749 e. The predicted octanol–water partition coefficient (Wildman–Crippen LogP) is 2.28. The molecule has 3 unspecified atom stereocenters. The summed E-state index contributed by atoms with van der Waals surface area (Å²) in [6.07, 6.45) is 4.12. The Bertz CT molecular complexity index is 230. The first kappa shape index (κ1) is 14.9. The topological polar surface area (TPSA) is 32.7 Å². The van der Waals surface area contributed by atoms with Crippen molar-refractivity contribution in [3.05, 3.63) is 0 Å². The summed E-state index contributed by atoms with van der Waals surface area (Å²) in [6.45, 7) is 7.40. The van der Waals surface area contributed by atoms with Gasteiger partial charge >= 0.3 is 0 Å². The highest BCUT2D eigenvalue weighted by molar-refractivity contribution is 4.87. The number of likely N-dealkylation sites (N-methyl/N-ethyl adjacent to an activating group) is 1. The lowest BCUT2D eigenvalue weighted by atomic mass is 9.80. The van der Waals surface area contributed by atoms with Gasteiger partial charge in [0, 0.05) is 19.7 Å². The zero-order chi connectivity index (χ0) is 13.1. The SMILES string of the molecule is CCC1CCC(O)CC1N(C)CC(C)(C)OC. The van der Waals surface area contributed by atoms with Crippen molar-refractivity contribution in [2.45, 2.75) is 64.2 Å². The number of hydrogen-bond donors (Lipinski definition) is 1. The third-order valence-corrected chi connectivity index (χ3v) is 4.20. The highest BCUT2D eigenvalue weighted by atomic mass is 16.5. The van der Waals surface area contributed by atoms with Gasteiger partial charge in [-0.15, -0.1) is 0 Å². The maximum absolute atomic E-state index is 9.84. The largest absolute Gasteiger partial charge is 0.393 e. The highest BCUT2D eigenvalue weighted by Gasteiger charge is 2.33. The molecule has 0 aromatic rings. The van der Waals surface area contributed by atoms with E-state index in [1.54, 1.807) is 7.11 Å². The fourth-order valence-corrected chi connectivity index (χ4v) is 2.99. The van der Waals surface area contributed by atoms with E-state index in [1.807, 2.05) is 0 Å². The van der Waals surface area contributed by atoms with Crippen LogP contribution in [0, 0.1) is 5.92 Å². The van der Waals surface area contributed by atoms with Crippen molar-refractivity contribution in [3.8, 4) is 0 Å². The van der Waals surface area contributed by atoms with E-state index in [-0.39, 0.29) is 11.7 Å². The van der Waals surface area contributed by atoms with E-state index in [9.17, 15) is 5.11 Å². The van der Waals surface area contributed by atoms with Crippen LogP contribution in [0.2, 0.25) is 0 Å². The molecule has 1 fully saturated rings. The lowest BCUT2D eigenvalue weighted by molar-refractivity contribution is -0.0342. The lowest BCUT2D eigenvalue weighted by Gasteiger charge is -2.42. The van der Waals surface area contributed by atoms with Gasteiger partial charge in [-0.3, -0.25) is 0 Å². The Balaban J connectivity index is 2.61. The van der Waals surface area contributed by atoms with Crippen LogP contribution in [0.5, 0.6) is 0 Å². The minimum Gasteiger partial charge on any atom is -0.393 e. The van der Waals surface area contributed by atoms with E-state index in [0.29, 0.717) is 6.04 Å². The average molecular weight is 243 g/mol. The number of nitrogens with zero attached hydrogens (tertiary/aromatic N) is 1. The molecule has 1 aliphatic carbocycles. The Hall–Kier alpha value is -0.120. The molecule has 0 bridgehead atoms. The van der Waals surface area contributed by atoms with E-state index in [0.717, 1.165) is 31.7 Å². The second-order valence-electron chi connectivity index (χ2n) is 6.08. The second kappa shape index (κ2) is 6.17. The van der Waals surface area contributed by atoms with Crippen LogP contribution in [0.15, 0.2) is 0 Å². The monoisotopic (exact) mass is 243 g/mol. The van der Waals surface area contributed by atoms with Gasteiger partial charge in [0.05, 0.1) is 11.7 Å². The van der Waals surface area contributed by atoms with E-state index in [4.69, 9.17) is 4.74 Å². The summed E-state index contributed by atoms with van der Waals surface area (Å²) in [4.78, 5) is 2.38. The summed E-state index contributed by atoms with van der Waals surface area (Å²) in [6, 6.07) is 0.498. The minimum atomic E-state index is -0.116. The molecule has 102 valence electrons. The molecule has 3 heteroatoms. The number of methoxy groups -OCH3 is 1. The molecule has 3 nitrogen and oxygen atoms in total. The molecule has 0 aliphatic heterocycles. The summed E-state index contributed by atoms with van der Waals surface area (Å²) in [7, 11) is 3.92. The molecule has 0 radical (unpaired) electrons. The van der Waals surface area contributed by atoms with E-state index in [1.165, 1.54) is 6.42 Å². The smallest absolute Gasteiger partial charge is 0.0749 e. The van der Waals surface area contributed by atoms with Gasteiger partial charge in [-0.1, -0.05) is 13.3 Å². The molecule has 1 saturated carbocycles. The summed E-state index contributed by atoms with van der Waals surface area (Å²) in [5.41, 5.74) is -0.116. The zero-order valence-corrected chi connectivity index (χ0v) is 12.1. The summed E-state index contributed by atoms with van der Waals surface area (Å²) >= 11 is 0. The van der Waals surface area contributed by atoms with Crippen LogP contribution in [0.4, 0.5) is 0 Å². The van der Waals surface area contributed by atoms with Crippen LogP contribution in [0.25, 0.3) is 0 Å². The number of aliphatic hydroxyl groups is 1. The van der Waals surface area contributed by atoms with Crippen LogP contribution < -0.4 is 0 Å². The van der Waals surface area contributed by atoms with Gasteiger partial charge < -0.3 is 14.7 Å². The molecule has 0 aromatic carbocycles. The van der Waals surface area contributed by atoms with Gasteiger partial charge in [0.1, 0.15) is 0 Å². The Morgan fingerprint density at radius 2 is 2.00 bits per heavy atom. The third kappa shape index (κ3) is 4.23. The predicted molar refractivity (Wildman–Crippen MR) is 71.1 cm³/mol. The molecule has 1 N–H and O–H groups in total. The lowest BCUT2D eigenvalue weighted by Crippen LogP contribution is -2.49. The van der Waals surface area contributed by atoms with Crippen LogP contribution in [0.3, 0.4) is 0 Å². The van der Waals surface area contributed by atoms with Gasteiger partial charge in [-0.2, -0.15) is 0 Å². The summed E-state index contributed by atoms with van der Waals surface area (Å²) in [5.74, 6) is 0.719. The van der Waals surface area contributed by atoms with Gasteiger partial charge in [0.2, 0.25) is 0 Å². The fourth-order valence-electron chi connectivity index (χ4n) is 2.99. The van der Waals surface area contributed by atoms with Crippen LogP contribution in [-0.4, -0.2) is 48.5 Å². The normalized spacial score (nSPS) is 30.9. The maximum atomic E-state index is 9.84. The van der Waals surface area contributed by atoms with Crippen LogP contribution >= 0.6 is 0 Å². The first-order chi connectivity index (χ1) is 7.89. The molecule has 0 heterocycles. The molecule has 1 aliphatic rings. The summed E-state index contributed by atoms with van der Waals surface area (Å²) in [5, 5.41) is 9.84. The average Bonchev–Trinajstić information content (AvgIpc) is 2.28. The summed E-state index contributed by atoms with van der Waals surface area (Å²) < 4.78 is 5.49. The van der Waals surface area contributed by atoms with Crippen molar-refractivity contribution in [3.63, 3.8) is 0 Å². The Morgan fingerprint density at radius 3 is 2.53 bits per heavy atom. The standard InChI is InChI=1S/C14H29NO2/c1-6-11-7-8-12(16)9-13(11)15(4)10-14(2,3)17-5/h11-13,16H,6-10H2,1-5H3. The minimum absolute atomic E-state index is 0.115. The molecule has 3 atom stereocenters. The van der Waals surface area contributed by atoms with Gasteiger partial charge in [0.15, 0.2) is 0 Å². The first-order valence-corrected chi connectivity index (χ1v) is 6.83. The van der Waals surface area contributed by atoms with Crippen LogP contribution in [-0.2, 0) is 4.74 Å². The molecular weight excluding hydrogens is 214 g/mol. The quantitative estimate of drug-likeness (QED) is 0.804. The molecular formula is C14H29NO2. The molecule has 17 heavy (non-hydrogen) atoms. The molecule has 0 saturated heterocycles. The number of rotatable bonds is 5. The molecule has 0 aromatic heterocycles. The number of aliphatic hydroxyl groups excluding tert-OH is 1. The van der Waals surface area contributed by atoms with E-state index < -0.39 is 0 Å². The Labute approximate surface area is 106 Å². The van der Waals surface area contributed by atoms with E-state index in [2.05, 4.69) is 32.7 Å². The zero-order valence-electron chi connectivity index (χ0n) is 12.1. The second-order valence-corrected chi connectivity index (χ2v) is 6.08. The van der Waals surface area contributed by atoms with Crippen molar-refractivity contribution in [1.29, 1.82) is 0 Å². The first-order valence-electron chi connectivity index (χ1n) is 6.83. The van der Waals surface area contributed by atoms with Crippen molar-refractivity contribution in [1.82, 2.24) is 4.90 Å². The van der Waals surface area contributed by atoms with Crippen molar-refractivity contribution < 1.29 is 9.84 Å².